The summed E-state index contributed by atoms with van der Waals surface area (Å²) in [7, 11) is 0. The third-order valence-electron chi connectivity index (χ3n) is 5.52. The molecule has 0 fully saturated rings. The summed E-state index contributed by atoms with van der Waals surface area (Å²) in [5.74, 6) is -1.64. The van der Waals surface area contributed by atoms with Gasteiger partial charge in [-0.2, -0.15) is 0 Å². The topological polar surface area (TPSA) is 92.8 Å². The van der Waals surface area contributed by atoms with Crippen LogP contribution >= 0.6 is 0 Å². The van der Waals surface area contributed by atoms with Crippen molar-refractivity contribution in [2.24, 2.45) is 0 Å². The monoisotopic (exact) mass is 436 g/mol. The first kappa shape index (κ1) is 23.2. The molecule has 2 aromatic rings. The zero-order valence-corrected chi connectivity index (χ0v) is 18.7. The number of anilines is 1. The van der Waals surface area contributed by atoms with Gasteiger partial charge in [0.25, 0.3) is 17.7 Å². The van der Waals surface area contributed by atoms with Crippen molar-refractivity contribution in [3.63, 3.8) is 0 Å². The van der Waals surface area contributed by atoms with Crippen LogP contribution in [0.15, 0.2) is 36.4 Å². The van der Waals surface area contributed by atoms with Gasteiger partial charge in [0.15, 0.2) is 6.61 Å². The number of imide groups is 1. The first-order chi connectivity index (χ1) is 15.3. The smallest absolute Gasteiger partial charge is 0.306 e. The minimum absolute atomic E-state index is 0.00543. The number of carbonyl (C=O) groups is 4. The van der Waals surface area contributed by atoms with E-state index in [0.717, 1.165) is 40.1 Å². The fraction of sp³-hybridized carbons (Fsp3) is 0.360. The van der Waals surface area contributed by atoms with Crippen molar-refractivity contribution in [2.75, 3.05) is 18.5 Å². The molecular formula is C25H28N2O5. The molecule has 0 saturated carbocycles. The summed E-state index contributed by atoms with van der Waals surface area (Å²) in [5.41, 5.74) is 4.52. The van der Waals surface area contributed by atoms with Gasteiger partial charge in [0, 0.05) is 18.7 Å². The SMILES string of the molecule is CCc1cccc(CC)c1NC(=O)COC(=O)CCCN1C(=O)c2ccc(C)cc2C1=O. The van der Waals surface area contributed by atoms with E-state index in [1.807, 2.05) is 39.0 Å². The standard InChI is InChI=1S/C25H28N2O5/c1-4-17-8-6-9-18(5-2)23(17)26-21(28)15-32-22(29)10-7-13-27-24(30)19-12-11-16(3)14-20(19)25(27)31/h6,8-9,11-12,14H,4-5,7,10,13,15H2,1-3H3,(H,26,28). The first-order valence-electron chi connectivity index (χ1n) is 10.9. The normalized spacial score (nSPS) is 12.7. The van der Waals surface area contributed by atoms with E-state index in [1.165, 1.54) is 0 Å². The molecule has 0 atom stereocenters. The lowest BCUT2D eigenvalue weighted by Crippen LogP contribution is -2.31. The summed E-state index contributed by atoms with van der Waals surface area (Å²) in [6, 6.07) is 11.0. The number of nitrogens with one attached hydrogen (secondary N) is 1. The maximum absolute atomic E-state index is 12.5. The van der Waals surface area contributed by atoms with E-state index in [4.69, 9.17) is 4.74 Å². The molecule has 0 bridgehead atoms. The summed E-state index contributed by atoms with van der Waals surface area (Å²) in [6.45, 7) is 5.62. The van der Waals surface area contributed by atoms with Gasteiger partial charge in [-0.3, -0.25) is 24.1 Å². The van der Waals surface area contributed by atoms with Crippen molar-refractivity contribution < 1.29 is 23.9 Å². The predicted octanol–water partition coefficient (Wildman–Crippen LogP) is 3.68. The Morgan fingerprint density at radius 1 is 0.969 bits per heavy atom. The minimum Gasteiger partial charge on any atom is -0.456 e. The molecule has 1 aliphatic rings. The molecule has 0 spiro atoms. The molecule has 7 heteroatoms. The zero-order chi connectivity index (χ0) is 23.3. The number of rotatable bonds is 9. The van der Waals surface area contributed by atoms with E-state index >= 15 is 0 Å². The van der Waals surface area contributed by atoms with Crippen LogP contribution in [0.4, 0.5) is 5.69 Å². The number of ether oxygens (including phenoxy) is 1. The second kappa shape index (κ2) is 10.2. The molecule has 1 N–H and O–H groups in total. The van der Waals surface area contributed by atoms with E-state index in [0.29, 0.717) is 11.1 Å². The van der Waals surface area contributed by atoms with Crippen molar-refractivity contribution in [3.8, 4) is 0 Å². The van der Waals surface area contributed by atoms with Crippen LogP contribution in [0.1, 0.15) is 64.1 Å². The van der Waals surface area contributed by atoms with Gasteiger partial charge in [-0.1, -0.05) is 43.7 Å². The largest absolute Gasteiger partial charge is 0.456 e. The van der Waals surface area contributed by atoms with Crippen LogP contribution in [0.5, 0.6) is 0 Å². The number of esters is 1. The molecular weight excluding hydrogens is 408 g/mol. The number of aryl methyl sites for hydroxylation is 3. The first-order valence-corrected chi connectivity index (χ1v) is 10.9. The molecule has 7 nitrogen and oxygen atoms in total. The van der Waals surface area contributed by atoms with Crippen LogP contribution in [0.3, 0.4) is 0 Å². The Labute approximate surface area is 187 Å². The molecule has 0 aromatic heterocycles. The highest BCUT2D eigenvalue weighted by molar-refractivity contribution is 6.21. The Hall–Kier alpha value is -3.48. The third kappa shape index (κ3) is 5.04. The van der Waals surface area contributed by atoms with E-state index < -0.39 is 11.9 Å². The summed E-state index contributed by atoms with van der Waals surface area (Å²) in [5, 5.41) is 2.85. The maximum atomic E-state index is 12.5. The summed E-state index contributed by atoms with van der Waals surface area (Å²) in [6.07, 6.45) is 1.83. The Morgan fingerprint density at radius 3 is 2.28 bits per heavy atom. The molecule has 0 radical (unpaired) electrons. The molecule has 32 heavy (non-hydrogen) atoms. The quantitative estimate of drug-likeness (QED) is 0.478. The highest BCUT2D eigenvalue weighted by atomic mass is 16.5. The van der Waals surface area contributed by atoms with Gasteiger partial charge in [0.2, 0.25) is 0 Å². The fourth-order valence-corrected chi connectivity index (χ4v) is 3.79. The summed E-state index contributed by atoms with van der Waals surface area (Å²) < 4.78 is 5.08. The van der Waals surface area contributed by atoms with Crippen LogP contribution < -0.4 is 5.32 Å². The molecule has 3 amide bonds. The van der Waals surface area contributed by atoms with Crippen molar-refractivity contribution in [2.45, 2.75) is 46.5 Å². The molecule has 0 aliphatic carbocycles. The predicted molar refractivity (Wildman–Crippen MR) is 121 cm³/mol. The van der Waals surface area contributed by atoms with E-state index in [9.17, 15) is 19.2 Å². The molecule has 168 valence electrons. The highest BCUT2D eigenvalue weighted by Gasteiger charge is 2.35. The van der Waals surface area contributed by atoms with E-state index in [-0.39, 0.29) is 37.8 Å². The van der Waals surface area contributed by atoms with E-state index in [1.54, 1.807) is 18.2 Å². The van der Waals surface area contributed by atoms with Crippen molar-refractivity contribution >= 4 is 29.4 Å². The molecule has 3 rings (SSSR count). The fourth-order valence-electron chi connectivity index (χ4n) is 3.79. The van der Waals surface area contributed by atoms with Gasteiger partial charge in [-0.25, -0.2) is 0 Å². The number of hydrogen-bond acceptors (Lipinski definition) is 5. The number of nitrogens with zero attached hydrogens (tertiary/aromatic N) is 1. The number of benzene rings is 2. The van der Waals surface area contributed by atoms with Crippen molar-refractivity contribution in [1.82, 2.24) is 4.90 Å². The number of carbonyl (C=O) groups excluding carboxylic acids is 4. The lowest BCUT2D eigenvalue weighted by atomic mass is 10.0. The summed E-state index contributed by atoms with van der Waals surface area (Å²) >= 11 is 0. The second-order valence-corrected chi connectivity index (χ2v) is 7.78. The third-order valence-corrected chi connectivity index (χ3v) is 5.52. The average Bonchev–Trinajstić information content (AvgIpc) is 3.02. The highest BCUT2D eigenvalue weighted by Crippen LogP contribution is 2.24. The Morgan fingerprint density at radius 2 is 1.62 bits per heavy atom. The van der Waals surface area contributed by atoms with Crippen LogP contribution in [-0.2, 0) is 27.2 Å². The lowest BCUT2D eigenvalue weighted by molar-refractivity contribution is -0.147. The molecule has 2 aromatic carbocycles. The number of hydrogen-bond donors (Lipinski definition) is 1. The van der Waals surface area contributed by atoms with Gasteiger partial charge in [-0.05, 0) is 49.4 Å². The molecule has 0 unspecified atom stereocenters. The molecule has 0 saturated heterocycles. The van der Waals surface area contributed by atoms with Gasteiger partial charge in [0.1, 0.15) is 0 Å². The molecule has 1 heterocycles. The maximum Gasteiger partial charge on any atom is 0.306 e. The van der Waals surface area contributed by atoms with Gasteiger partial charge in [0.05, 0.1) is 11.1 Å². The Kier molecular flexibility index (Phi) is 7.41. The van der Waals surface area contributed by atoms with Gasteiger partial charge >= 0.3 is 5.97 Å². The second-order valence-electron chi connectivity index (χ2n) is 7.78. The number of para-hydroxylation sites is 1. The molecule has 1 aliphatic heterocycles. The minimum atomic E-state index is -0.549. The van der Waals surface area contributed by atoms with Crippen LogP contribution in [0.2, 0.25) is 0 Å². The van der Waals surface area contributed by atoms with E-state index in [2.05, 4.69) is 5.32 Å². The van der Waals surface area contributed by atoms with Gasteiger partial charge in [-0.15, -0.1) is 0 Å². The zero-order valence-electron chi connectivity index (χ0n) is 18.7. The Balaban J connectivity index is 1.46. The number of fused-ring (bicyclic) bond motifs is 1. The Bertz CT molecular complexity index is 1040. The van der Waals surface area contributed by atoms with Crippen LogP contribution in [-0.4, -0.2) is 41.7 Å². The van der Waals surface area contributed by atoms with Crippen molar-refractivity contribution in [1.29, 1.82) is 0 Å². The van der Waals surface area contributed by atoms with Crippen molar-refractivity contribution in [3.05, 3.63) is 64.2 Å². The summed E-state index contributed by atoms with van der Waals surface area (Å²) in [4.78, 5) is 50.4. The van der Waals surface area contributed by atoms with Crippen LogP contribution in [0, 0.1) is 6.92 Å². The lowest BCUT2D eigenvalue weighted by Gasteiger charge is -2.15. The van der Waals surface area contributed by atoms with Crippen LogP contribution in [0.25, 0.3) is 0 Å². The average molecular weight is 437 g/mol. The van der Waals surface area contributed by atoms with Gasteiger partial charge < -0.3 is 10.1 Å². The number of amides is 3.